The van der Waals surface area contributed by atoms with Gasteiger partial charge in [-0.3, -0.25) is 0 Å². The number of methoxy groups -OCH3 is 1. The number of rotatable bonds is 7. The van der Waals surface area contributed by atoms with E-state index in [1.165, 1.54) is 12.8 Å². The zero-order valence-corrected chi connectivity index (χ0v) is 17.3. The average molecular weight is 402 g/mol. The molecule has 1 aliphatic heterocycles. The van der Waals surface area contributed by atoms with E-state index < -0.39 is 0 Å². The van der Waals surface area contributed by atoms with Crippen molar-refractivity contribution in [1.82, 2.24) is 9.80 Å². The molecule has 1 saturated heterocycles. The molecule has 0 unspecified atom stereocenters. The molecular weight excluding hydrogens is 374 g/mol. The van der Waals surface area contributed by atoms with Gasteiger partial charge in [-0.1, -0.05) is 35.9 Å². The molecule has 0 atom stereocenters. The van der Waals surface area contributed by atoms with Crippen molar-refractivity contribution in [2.24, 2.45) is 0 Å². The maximum absolute atomic E-state index is 13.1. The van der Waals surface area contributed by atoms with Crippen LogP contribution in [0, 0.1) is 6.92 Å². The maximum Gasteiger partial charge on any atom is 0.322 e. The first kappa shape index (κ1) is 20.5. The number of anilines is 1. The normalized spacial score (nSPS) is 14.1. The number of nitrogens with one attached hydrogen (secondary N) is 1. The van der Waals surface area contributed by atoms with Crippen LogP contribution in [0.25, 0.3) is 0 Å². The summed E-state index contributed by atoms with van der Waals surface area (Å²) >= 11 is 6.30. The third-order valence-electron chi connectivity index (χ3n) is 5.16. The summed E-state index contributed by atoms with van der Waals surface area (Å²) in [6.45, 7) is 6.25. The van der Waals surface area contributed by atoms with Gasteiger partial charge in [-0.05, 0) is 62.2 Å². The molecule has 28 heavy (non-hydrogen) atoms. The number of hydrogen-bond donors (Lipinski definition) is 1. The number of amides is 2. The van der Waals surface area contributed by atoms with Crippen molar-refractivity contribution >= 4 is 23.3 Å². The first-order chi connectivity index (χ1) is 13.6. The fourth-order valence-electron chi connectivity index (χ4n) is 3.45. The lowest BCUT2D eigenvalue weighted by molar-refractivity contribution is 0.198. The lowest BCUT2D eigenvalue weighted by Crippen LogP contribution is -2.40. The molecule has 1 heterocycles. The molecule has 1 N–H and O–H groups in total. The van der Waals surface area contributed by atoms with Crippen LogP contribution in [-0.4, -0.2) is 49.1 Å². The number of urea groups is 1. The van der Waals surface area contributed by atoms with Gasteiger partial charge in [-0.2, -0.15) is 0 Å². The van der Waals surface area contributed by atoms with Gasteiger partial charge in [0.15, 0.2) is 0 Å². The zero-order valence-electron chi connectivity index (χ0n) is 16.6. The molecule has 2 aromatic carbocycles. The highest BCUT2D eigenvalue weighted by Crippen LogP contribution is 2.26. The van der Waals surface area contributed by atoms with E-state index in [-0.39, 0.29) is 6.03 Å². The number of carbonyl (C=O) groups excluding carboxylic acids is 1. The highest BCUT2D eigenvalue weighted by atomic mass is 35.5. The van der Waals surface area contributed by atoms with Crippen LogP contribution >= 0.6 is 11.6 Å². The van der Waals surface area contributed by atoms with Gasteiger partial charge in [0, 0.05) is 19.6 Å². The van der Waals surface area contributed by atoms with Gasteiger partial charge in [-0.25, -0.2) is 4.79 Å². The van der Waals surface area contributed by atoms with Crippen LogP contribution in [0.2, 0.25) is 5.02 Å². The molecule has 0 radical (unpaired) electrons. The summed E-state index contributed by atoms with van der Waals surface area (Å²) < 4.78 is 5.23. The van der Waals surface area contributed by atoms with E-state index in [0.29, 0.717) is 23.8 Å². The molecule has 5 nitrogen and oxygen atoms in total. The van der Waals surface area contributed by atoms with Crippen molar-refractivity contribution in [3.05, 3.63) is 58.6 Å². The van der Waals surface area contributed by atoms with E-state index in [1.807, 2.05) is 48.2 Å². The highest BCUT2D eigenvalue weighted by Gasteiger charge is 2.19. The average Bonchev–Trinajstić information content (AvgIpc) is 3.22. The molecule has 0 aromatic heterocycles. The van der Waals surface area contributed by atoms with Crippen LogP contribution in [0.15, 0.2) is 42.5 Å². The van der Waals surface area contributed by atoms with E-state index in [2.05, 4.69) is 10.2 Å². The summed E-state index contributed by atoms with van der Waals surface area (Å²) in [5.74, 6) is 0.809. The first-order valence-corrected chi connectivity index (χ1v) is 10.1. The second-order valence-electron chi connectivity index (χ2n) is 7.18. The molecule has 3 rings (SSSR count). The smallest absolute Gasteiger partial charge is 0.322 e. The van der Waals surface area contributed by atoms with Crippen molar-refractivity contribution in [3.8, 4) is 5.75 Å². The van der Waals surface area contributed by atoms with E-state index in [9.17, 15) is 4.79 Å². The monoisotopic (exact) mass is 401 g/mol. The number of ether oxygens (including phenoxy) is 1. The fourth-order valence-corrected chi connectivity index (χ4v) is 3.72. The predicted octanol–water partition coefficient (Wildman–Crippen LogP) is 4.79. The number of likely N-dealkylation sites (tertiary alicyclic amines) is 1. The van der Waals surface area contributed by atoms with Gasteiger partial charge in [-0.15, -0.1) is 0 Å². The Labute approximate surface area is 172 Å². The molecule has 2 aromatic rings. The first-order valence-electron chi connectivity index (χ1n) is 9.73. The Morgan fingerprint density at radius 3 is 2.54 bits per heavy atom. The molecule has 6 heteroatoms. The van der Waals surface area contributed by atoms with Crippen LogP contribution < -0.4 is 10.1 Å². The van der Waals surface area contributed by atoms with Crippen LogP contribution in [0.1, 0.15) is 24.0 Å². The summed E-state index contributed by atoms with van der Waals surface area (Å²) in [5.41, 5.74) is 2.69. The third kappa shape index (κ3) is 5.40. The largest absolute Gasteiger partial charge is 0.497 e. The van der Waals surface area contributed by atoms with Gasteiger partial charge in [0.2, 0.25) is 0 Å². The number of carbonyl (C=O) groups is 1. The van der Waals surface area contributed by atoms with Gasteiger partial charge < -0.3 is 19.9 Å². The molecule has 1 fully saturated rings. The van der Waals surface area contributed by atoms with Gasteiger partial charge >= 0.3 is 6.03 Å². The minimum Gasteiger partial charge on any atom is -0.497 e. The number of hydrogen-bond acceptors (Lipinski definition) is 3. The van der Waals surface area contributed by atoms with Crippen molar-refractivity contribution in [1.29, 1.82) is 0 Å². The Hall–Kier alpha value is -2.24. The topological polar surface area (TPSA) is 44.8 Å². The van der Waals surface area contributed by atoms with Crippen molar-refractivity contribution in [2.75, 3.05) is 38.6 Å². The van der Waals surface area contributed by atoms with Crippen LogP contribution in [-0.2, 0) is 6.54 Å². The summed E-state index contributed by atoms with van der Waals surface area (Å²) in [5, 5.41) is 3.56. The molecule has 150 valence electrons. The number of halogens is 1. The van der Waals surface area contributed by atoms with Gasteiger partial charge in [0.1, 0.15) is 5.75 Å². The Morgan fingerprint density at radius 2 is 1.89 bits per heavy atom. The molecule has 0 saturated carbocycles. The van der Waals surface area contributed by atoms with Gasteiger partial charge in [0.05, 0.1) is 17.8 Å². The van der Waals surface area contributed by atoms with E-state index in [1.54, 1.807) is 13.2 Å². The van der Waals surface area contributed by atoms with Crippen molar-refractivity contribution < 1.29 is 9.53 Å². The van der Waals surface area contributed by atoms with Gasteiger partial charge in [0.25, 0.3) is 0 Å². The molecular formula is C22H28ClN3O2. The number of aryl methyl sites for hydroxylation is 1. The van der Waals surface area contributed by atoms with E-state index >= 15 is 0 Å². The van der Waals surface area contributed by atoms with Crippen molar-refractivity contribution in [3.63, 3.8) is 0 Å². The molecule has 2 amide bonds. The summed E-state index contributed by atoms with van der Waals surface area (Å²) in [6, 6.07) is 13.3. The van der Waals surface area contributed by atoms with Crippen molar-refractivity contribution in [2.45, 2.75) is 26.3 Å². The van der Waals surface area contributed by atoms with Crippen LogP contribution in [0.5, 0.6) is 5.75 Å². The lowest BCUT2D eigenvalue weighted by Gasteiger charge is -2.26. The minimum absolute atomic E-state index is 0.133. The lowest BCUT2D eigenvalue weighted by atomic mass is 10.2. The quantitative estimate of drug-likeness (QED) is 0.725. The molecule has 0 aliphatic carbocycles. The second kappa shape index (κ2) is 9.80. The number of nitrogens with zero attached hydrogens (tertiary/aromatic N) is 2. The summed E-state index contributed by atoms with van der Waals surface area (Å²) in [6.07, 6.45) is 2.48. The SMILES string of the molecule is COc1ccc(CN(CCN2CCCC2)C(=O)Nc2c(C)cccc2Cl)cc1. The Morgan fingerprint density at radius 1 is 1.18 bits per heavy atom. The predicted molar refractivity (Wildman–Crippen MR) is 114 cm³/mol. The van der Waals surface area contributed by atoms with E-state index in [4.69, 9.17) is 16.3 Å². The maximum atomic E-state index is 13.1. The fraction of sp³-hybridized carbons (Fsp3) is 0.409. The Kier molecular flexibility index (Phi) is 7.18. The molecule has 1 aliphatic rings. The number of benzene rings is 2. The Balaban J connectivity index is 1.72. The standard InChI is InChI=1S/C22H28ClN3O2/c1-17-6-5-7-20(23)21(17)24-22(27)26(15-14-25-12-3-4-13-25)16-18-8-10-19(28-2)11-9-18/h5-11H,3-4,12-16H2,1-2H3,(H,24,27). The highest BCUT2D eigenvalue weighted by molar-refractivity contribution is 6.33. The Bertz CT molecular complexity index is 769. The summed E-state index contributed by atoms with van der Waals surface area (Å²) in [4.78, 5) is 17.3. The molecule has 0 spiro atoms. The van der Waals surface area contributed by atoms with Crippen LogP contribution in [0.4, 0.5) is 10.5 Å². The summed E-state index contributed by atoms with van der Waals surface area (Å²) in [7, 11) is 1.65. The van der Waals surface area contributed by atoms with E-state index in [0.717, 1.165) is 36.5 Å². The minimum atomic E-state index is -0.133. The second-order valence-corrected chi connectivity index (χ2v) is 7.59. The zero-order chi connectivity index (χ0) is 19.9. The molecule has 0 bridgehead atoms. The number of para-hydroxylation sites is 1. The van der Waals surface area contributed by atoms with Crippen LogP contribution in [0.3, 0.4) is 0 Å². The third-order valence-corrected chi connectivity index (χ3v) is 5.47.